The van der Waals surface area contributed by atoms with Gasteiger partial charge in [0.15, 0.2) is 0 Å². The molecular weight excluding hydrogens is 574 g/mol. The molecular formula is C43H25N3O. The zero-order valence-corrected chi connectivity index (χ0v) is 25.2. The first-order valence-corrected chi connectivity index (χ1v) is 15.7. The lowest BCUT2D eigenvalue weighted by Gasteiger charge is -2.16. The minimum atomic E-state index is 0.611. The second-order valence-corrected chi connectivity index (χ2v) is 12.1. The lowest BCUT2D eigenvalue weighted by atomic mass is 10.00. The molecule has 10 aromatic rings. The Morgan fingerprint density at radius 1 is 0.447 bits per heavy atom. The van der Waals surface area contributed by atoms with Crippen LogP contribution >= 0.6 is 0 Å². The van der Waals surface area contributed by atoms with Gasteiger partial charge in [-0.05, 0) is 60.2 Å². The number of benzene rings is 7. The quantitative estimate of drug-likeness (QED) is 0.203. The summed E-state index contributed by atoms with van der Waals surface area (Å²) in [6.07, 6.45) is 0. The van der Waals surface area contributed by atoms with Crippen LogP contribution in [-0.2, 0) is 0 Å². The molecule has 0 aliphatic heterocycles. The van der Waals surface area contributed by atoms with Crippen molar-refractivity contribution in [3.63, 3.8) is 0 Å². The maximum atomic E-state index is 10.3. The summed E-state index contributed by atoms with van der Waals surface area (Å²) in [6.45, 7) is 0. The molecule has 3 heterocycles. The second-order valence-electron chi connectivity index (χ2n) is 12.1. The van der Waals surface area contributed by atoms with Gasteiger partial charge in [-0.2, -0.15) is 5.26 Å². The van der Waals surface area contributed by atoms with E-state index in [4.69, 9.17) is 4.42 Å². The first kappa shape index (κ1) is 25.7. The van der Waals surface area contributed by atoms with Gasteiger partial charge in [-0.25, -0.2) is 0 Å². The highest BCUT2D eigenvalue weighted by Crippen LogP contribution is 2.41. The van der Waals surface area contributed by atoms with Crippen molar-refractivity contribution < 1.29 is 4.42 Å². The number of aromatic nitrogens is 2. The standard InChI is InChI=1S/C43H25N3O/c44-26-27-21-28(23-29(22-27)45-38-17-7-2-12-31(38)32-13-3-8-18-39(32)45)30-11-1-6-16-37(30)46-40-19-9-4-14-33(40)35-24-36-34-15-5-10-20-42(34)47-43(36)25-41(35)46/h1-25H. The minimum absolute atomic E-state index is 0.611. The molecule has 4 nitrogen and oxygen atoms in total. The van der Waals surface area contributed by atoms with E-state index in [0.717, 1.165) is 66.5 Å². The van der Waals surface area contributed by atoms with Crippen LogP contribution in [0.2, 0.25) is 0 Å². The number of rotatable bonds is 3. The molecule has 218 valence electrons. The Bertz CT molecular complexity index is 2880. The predicted molar refractivity (Wildman–Crippen MR) is 193 cm³/mol. The van der Waals surface area contributed by atoms with E-state index in [2.05, 4.69) is 143 Å². The van der Waals surface area contributed by atoms with E-state index < -0.39 is 0 Å². The fourth-order valence-electron chi connectivity index (χ4n) is 7.52. The van der Waals surface area contributed by atoms with Crippen molar-refractivity contribution in [3.05, 3.63) is 157 Å². The van der Waals surface area contributed by atoms with Crippen LogP contribution in [0.5, 0.6) is 0 Å². The highest BCUT2D eigenvalue weighted by Gasteiger charge is 2.19. The van der Waals surface area contributed by atoms with Gasteiger partial charge >= 0.3 is 0 Å². The number of nitriles is 1. The van der Waals surface area contributed by atoms with Crippen molar-refractivity contribution >= 4 is 65.6 Å². The summed E-state index contributed by atoms with van der Waals surface area (Å²) in [5.74, 6) is 0. The van der Waals surface area contributed by atoms with Crippen molar-refractivity contribution in [2.24, 2.45) is 0 Å². The summed E-state index contributed by atoms with van der Waals surface area (Å²) in [5, 5.41) is 17.2. The Hall–Kier alpha value is -6.57. The molecule has 0 saturated carbocycles. The third-order valence-corrected chi connectivity index (χ3v) is 9.51. The normalized spacial score (nSPS) is 11.8. The van der Waals surface area contributed by atoms with Gasteiger partial charge in [0.05, 0.1) is 39.4 Å². The molecule has 0 unspecified atom stereocenters. The van der Waals surface area contributed by atoms with Crippen LogP contribution in [0.4, 0.5) is 0 Å². The number of hydrogen-bond donors (Lipinski definition) is 0. The van der Waals surface area contributed by atoms with E-state index in [9.17, 15) is 5.26 Å². The Kier molecular flexibility index (Phi) is 5.32. The van der Waals surface area contributed by atoms with Gasteiger partial charge in [0, 0.05) is 49.6 Å². The van der Waals surface area contributed by atoms with Crippen molar-refractivity contribution in [3.8, 4) is 28.6 Å². The first-order valence-electron chi connectivity index (χ1n) is 15.7. The van der Waals surface area contributed by atoms with Crippen LogP contribution in [0, 0.1) is 11.3 Å². The van der Waals surface area contributed by atoms with Crippen LogP contribution in [0.3, 0.4) is 0 Å². The molecule has 0 N–H and O–H groups in total. The molecule has 0 saturated heterocycles. The van der Waals surface area contributed by atoms with Gasteiger partial charge in [0.2, 0.25) is 0 Å². The average Bonchev–Trinajstić information content (AvgIpc) is 3.77. The zero-order valence-electron chi connectivity index (χ0n) is 25.2. The van der Waals surface area contributed by atoms with Gasteiger partial charge < -0.3 is 13.6 Å². The van der Waals surface area contributed by atoms with Crippen molar-refractivity contribution in [2.45, 2.75) is 0 Å². The second kappa shape index (κ2) is 9.71. The van der Waals surface area contributed by atoms with E-state index in [1.165, 1.54) is 21.5 Å². The molecule has 0 aliphatic rings. The predicted octanol–water partition coefficient (Wildman–Crippen LogP) is 11.3. The smallest absolute Gasteiger partial charge is 0.137 e. The Morgan fingerprint density at radius 2 is 1.04 bits per heavy atom. The highest BCUT2D eigenvalue weighted by atomic mass is 16.3. The summed E-state index contributed by atoms with van der Waals surface area (Å²) < 4.78 is 11.0. The Morgan fingerprint density at radius 3 is 1.77 bits per heavy atom. The van der Waals surface area contributed by atoms with Gasteiger partial charge in [0.25, 0.3) is 0 Å². The van der Waals surface area contributed by atoms with Gasteiger partial charge in [-0.1, -0.05) is 91.0 Å². The van der Waals surface area contributed by atoms with E-state index in [-0.39, 0.29) is 0 Å². The SMILES string of the molecule is N#Cc1cc(-c2ccccc2-n2c3ccccc3c3cc4c(cc32)oc2ccccc24)cc(-n2c3ccccc3c3ccccc32)c1. The number of furan rings is 1. The van der Waals surface area contributed by atoms with Gasteiger partial charge in [-0.15, -0.1) is 0 Å². The molecule has 0 aliphatic carbocycles. The lowest BCUT2D eigenvalue weighted by Crippen LogP contribution is -1.99. The summed E-state index contributed by atoms with van der Waals surface area (Å²) in [6, 6.07) is 55.3. The molecule has 0 radical (unpaired) electrons. The van der Waals surface area contributed by atoms with E-state index >= 15 is 0 Å². The molecule has 4 heteroatoms. The molecule has 7 aromatic carbocycles. The Labute approximate surface area is 269 Å². The van der Waals surface area contributed by atoms with Crippen molar-refractivity contribution in [1.82, 2.24) is 9.13 Å². The van der Waals surface area contributed by atoms with Gasteiger partial charge in [0.1, 0.15) is 11.2 Å². The number of fused-ring (bicyclic) bond motifs is 9. The average molecular weight is 600 g/mol. The van der Waals surface area contributed by atoms with Crippen LogP contribution in [-0.4, -0.2) is 9.13 Å². The van der Waals surface area contributed by atoms with E-state index in [0.29, 0.717) is 5.56 Å². The number of hydrogen-bond acceptors (Lipinski definition) is 2. The maximum Gasteiger partial charge on any atom is 0.137 e. The van der Waals surface area contributed by atoms with Crippen molar-refractivity contribution in [1.29, 1.82) is 5.26 Å². The lowest BCUT2D eigenvalue weighted by molar-refractivity contribution is 0.669. The molecule has 3 aromatic heterocycles. The Balaban J connectivity index is 1.26. The summed E-state index contributed by atoms with van der Waals surface area (Å²) in [7, 11) is 0. The molecule has 0 fully saturated rings. The van der Waals surface area contributed by atoms with E-state index in [1.54, 1.807) is 0 Å². The third-order valence-electron chi connectivity index (χ3n) is 9.51. The third kappa shape index (κ3) is 3.69. The molecule has 47 heavy (non-hydrogen) atoms. The first-order chi connectivity index (χ1) is 23.3. The van der Waals surface area contributed by atoms with Crippen LogP contribution in [0.15, 0.2) is 156 Å². The number of nitrogens with zero attached hydrogens (tertiary/aromatic N) is 3. The number of para-hydroxylation sites is 5. The summed E-state index contributed by atoms with van der Waals surface area (Å²) >= 11 is 0. The molecule has 0 atom stereocenters. The fourth-order valence-corrected chi connectivity index (χ4v) is 7.52. The molecule has 0 amide bonds. The highest BCUT2D eigenvalue weighted by molar-refractivity contribution is 6.17. The van der Waals surface area contributed by atoms with E-state index in [1.807, 2.05) is 24.3 Å². The van der Waals surface area contributed by atoms with Crippen molar-refractivity contribution in [2.75, 3.05) is 0 Å². The minimum Gasteiger partial charge on any atom is -0.456 e. The van der Waals surface area contributed by atoms with Crippen LogP contribution < -0.4 is 0 Å². The summed E-state index contributed by atoms with van der Waals surface area (Å²) in [4.78, 5) is 0. The topological polar surface area (TPSA) is 46.8 Å². The monoisotopic (exact) mass is 599 g/mol. The van der Waals surface area contributed by atoms with Crippen LogP contribution in [0.1, 0.15) is 5.56 Å². The molecule has 10 rings (SSSR count). The van der Waals surface area contributed by atoms with Crippen LogP contribution in [0.25, 0.3) is 88.1 Å². The largest absolute Gasteiger partial charge is 0.456 e. The maximum absolute atomic E-state index is 10.3. The zero-order chi connectivity index (χ0) is 31.1. The summed E-state index contributed by atoms with van der Waals surface area (Å²) in [5.41, 5.74) is 10.8. The van der Waals surface area contributed by atoms with Gasteiger partial charge in [-0.3, -0.25) is 0 Å². The molecule has 0 bridgehead atoms. The molecule has 0 spiro atoms. The fraction of sp³-hybridized carbons (Fsp3) is 0.